The monoisotopic (exact) mass is 340 g/mol. The fraction of sp³-hybridized carbons (Fsp3) is 0.706. The van der Waals surface area contributed by atoms with Crippen molar-refractivity contribution in [3.63, 3.8) is 0 Å². The number of nitrogens with one attached hydrogen (secondary N) is 2. The van der Waals surface area contributed by atoms with Crippen LogP contribution >= 0.6 is 0 Å². The molecule has 0 aliphatic carbocycles. The van der Waals surface area contributed by atoms with Gasteiger partial charge in [0.2, 0.25) is 5.91 Å². The van der Waals surface area contributed by atoms with Crippen LogP contribution in [0.4, 0.5) is 4.79 Å². The van der Waals surface area contributed by atoms with Gasteiger partial charge in [-0.1, -0.05) is 0 Å². The SMILES string of the molecule is C#CCCC(=O)N[C@@H](CCCCNC(=O)OC(C)(C)C)C(=O)OC. The third-order valence-electron chi connectivity index (χ3n) is 2.91. The van der Waals surface area contributed by atoms with Gasteiger partial charge in [-0.3, -0.25) is 4.79 Å². The van der Waals surface area contributed by atoms with Crippen molar-refractivity contribution in [1.29, 1.82) is 0 Å². The average molecular weight is 340 g/mol. The number of hydrogen-bond acceptors (Lipinski definition) is 5. The maximum absolute atomic E-state index is 11.7. The zero-order valence-corrected chi connectivity index (χ0v) is 14.9. The van der Waals surface area contributed by atoms with E-state index in [4.69, 9.17) is 11.2 Å². The summed E-state index contributed by atoms with van der Waals surface area (Å²) in [6.45, 7) is 5.79. The molecule has 0 unspecified atom stereocenters. The van der Waals surface area contributed by atoms with E-state index in [1.165, 1.54) is 7.11 Å². The second-order valence-corrected chi connectivity index (χ2v) is 6.27. The van der Waals surface area contributed by atoms with Crippen LogP contribution in [0.2, 0.25) is 0 Å². The molecule has 0 rings (SSSR count). The number of ether oxygens (including phenoxy) is 2. The summed E-state index contributed by atoms with van der Waals surface area (Å²) in [4.78, 5) is 34.8. The smallest absolute Gasteiger partial charge is 0.407 e. The minimum atomic E-state index is -0.707. The molecule has 0 aromatic heterocycles. The summed E-state index contributed by atoms with van der Waals surface area (Å²) in [7, 11) is 1.27. The summed E-state index contributed by atoms with van der Waals surface area (Å²) >= 11 is 0. The number of hydrogen-bond donors (Lipinski definition) is 2. The number of methoxy groups -OCH3 is 1. The fourth-order valence-electron chi connectivity index (χ4n) is 1.82. The van der Waals surface area contributed by atoms with E-state index in [9.17, 15) is 14.4 Å². The quantitative estimate of drug-likeness (QED) is 0.379. The van der Waals surface area contributed by atoms with E-state index in [1.54, 1.807) is 20.8 Å². The maximum Gasteiger partial charge on any atom is 0.407 e. The van der Waals surface area contributed by atoms with Crippen molar-refractivity contribution in [1.82, 2.24) is 10.6 Å². The highest BCUT2D eigenvalue weighted by Crippen LogP contribution is 2.07. The molecule has 0 heterocycles. The van der Waals surface area contributed by atoms with Crippen LogP contribution in [0, 0.1) is 12.3 Å². The molecule has 2 amide bonds. The van der Waals surface area contributed by atoms with Crippen molar-refractivity contribution >= 4 is 18.0 Å². The van der Waals surface area contributed by atoms with Crippen LogP contribution in [0.5, 0.6) is 0 Å². The van der Waals surface area contributed by atoms with E-state index in [2.05, 4.69) is 21.3 Å². The lowest BCUT2D eigenvalue weighted by Crippen LogP contribution is -2.41. The number of terminal acetylenes is 1. The van der Waals surface area contributed by atoms with Gasteiger partial charge in [-0.05, 0) is 40.0 Å². The molecule has 0 aliphatic heterocycles. The van der Waals surface area contributed by atoms with Crippen LogP contribution in [-0.2, 0) is 19.1 Å². The zero-order valence-electron chi connectivity index (χ0n) is 14.9. The molecule has 24 heavy (non-hydrogen) atoms. The molecule has 136 valence electrons. The number of amides is 2. The summed E-state index contributed by atoms with van der Waals surface area (Å²) in [5, 5.41) is 5.25. The summed E-state index contributed by atoms with van der Waals surface area (Å²) in [5.41, 5.74) is -0.539. The Morgan fingerprint density at radius 3 is 2.42 bits per heavy atom. The first-order chi connectivity index (χ1) is 11.2. The van der Waals surface area contributed by atoms with Gasteiger partial charge in [-0.2, -0.15) is 0 Å². The molecule has 1 atom stereocenters. The Hall–Kier alpha value is -2.23. The number of unbranched alkanes of at least 4 members (excludes halogenated alkanes) is 1. The van der Waals surface area contributed by atoms with Gasteiger partial charge < -0.3 is 20.1 Å². The van der Waals surface area contributed by atoms with Crippen LogP contribution in [0.1, 0.15) is 52.9 Å². The molecule has 7 nitrogen and oxygen atoms in total. The van der Waals surface area contributed by atoms with Gasteiger partial charge in [0.1, 0.15) is 11.6 Å². The molecule has 7 heteroatoms. The molecule has 0 aromatic rings. The molecule has 0 bridgehead atoms. The standard InChI is InChI=1S/C17H28N2O5/c1-6-7-11-14(20)19-13(15(21)23-5)10-8-9-12-18-16(22)24-17(2,3)4/h1,13H,7-12H2,2-5H3,(H,18,22)(H,19,20)/t13-/m0/s1. The second-order valence-electron chi connectivity index (χ2n) is 6.27. The predicted octanol–water partition coefficient (Wildman–Crippen LogP) is 1.75. The van der Waals surface area contributed by atoms with Gasteiger partial charge in [0.25, 0.3) is 0 Å². The highest BCUT2D eigenvalue weighted by Gasteiger charge is 2.21. The van der Waals surface area contributed by atoms with E-state index in [0.717, 1.165) is 0 Å². The fourth-order valence-corrected chi connectivity index (χ4v) is 1.82. The van der Waals surface area contributed by atoms with Crippen LogP contribution < -0.4 is 10.6 Å². The first kappa shape index (κ1) is 21.8. The molecule has 0 fully saturated rings. The lowest BCUT2D eigenvalue weighted by Gasteiger charge is -2.20. The minimum absolute atomic E-state index is 0.171. The highest BCUT2D eigenvalue weighted by atomic mass is 16.6. The van der Waals surface area contributed by atoms with Crippen molar-refractivity contribution in [2.24, 2.45) is 0 Å². The third-order valence-corrected chi connectivity index (χ3v) is 2.91. The van der Waals surface area contributed by atoms with Gasteiger partial charge in [-0.25, -0.2) is 9.59 Å². The number of carbonyl (C=O) groups excluding carboxylic acids is 3. The Bertz CT molecular complexity index is 463. The van der Waals surface area contributed by atoms with Gasteiger partial charge in [0.05, 0.1) is 7.11 Å². The number of alkyl carbamates (subject to hydrolysis) is 1. The highest BCUT2D eigenvalue weighted by molar-refractivity contribution is 5.84. The van der Waals surface area contributed by atoms with Gasteiger partial charge in [-0.15, -0.1) is 12.3 Å². The molecule has 0 spiro atoms. The number of carbonyl (C=O) groups is 3. The Labute approximate surface area is 143 Å². The van der Waals surface area contributed by atoms with E-state index in [1.807, 2.05) is 0 Å². The van der Waals surface area contributed by atoms with Crippen LogP contribution in [0.15, 0.2) is 0 Å². The van der Waals surface area contributed by atoms with Crippen molar-refractivity contribution < 1.29 is 23.9 Å². The number of rotatable bonds is 9. The average Bonchev–Trinajstić information content (AvgIpc) is 2.48. The summed E-state index contributed by atoms with van der Waals surface area (Å²) < 4.78 is 9.80. The minimum Gasteiger partial charge on any atom is -0.467 e. The van der Waals surface area contributed by atoms with Crippen molar-refractivity contribution in [2.45, 2.75) is 64.5 Å². The van der Waals surface area contributed by atoms with E-state index in [-0.39, 0.29) is 12.3 Å². The third kappa shape index (κ3) is 11.4. The Morgan fingerprint density at radius 2 is 1.88 bits per heavy atom. The molecule has 0 aromatic carbocycles. The predicted molar refractivity (Wildman–Crippen MR) is 90.1 cm³/mol. The Morgan fingerprint density at radius 1 is 1.21 bits per heavy atom. The van der Waals surface area contributed by atoms with Crippen LogP contribution in [0.3, 0.4) is 0 Å². The van der Waals surface area contributed by atoms with Gasteiger partial charge in [0, 0.05) is 19.4 Å². The van der Waals surface area contributed by atoms with Crippen LogP contribution in [-0.4, -0.2) is 43.3 Å². The largest absolute Gasteiger partial charge is 0.467 e. The van der Waals surface area contributed by atoms with Gasteiger partial charge in [0.15, 0.2) is 0 Å². The Balaban J connectivity index is 4.11. The maximum atomic E-state index is 11.7. The Kier molecular flexibility index (Phi) is 10.3. The summed E-state index contributed by atoms with van der Waals surface area (Å²) in [5.74, 6) is 1.59. The van der Waals surface area contributed by atoms with Crippen molar-refractivity contribution in [3.8, 4) is 12.3 Å². The summed E-state index contributed by atoms with van der Waals surface area (Å²) in [6.07, 6.45) is 6.81. The molecule has 0 saturated heterocycles. The zero-order chi connectivity index (χ0) is 18.6. The normalized spacial score (nSPS) is 11.8. The first-order valence-corrected chi connectivity index (χ1v) is 7.97. The topological polar surface area (TPSA) is 93.7 Å². The van der Waals surface area contributed by atoms with E-state index in [0.29, 0.717) is 32.2 Å². The molecule has 0 saturated carbocycles. The molecular formula is C17H28N2O5. The molecular weight excluding hydrogens is 312 g/mol. The van der Waals surface area contributed by atoms with E-state index >= 15 is 0 Å². The molecule has 0 aliphatic rings. The van der Waals surface area contributed by atoms with E-state index < -0.39 is 23.7 Å². The van der Waals surface area contributed by atoms with Crippen molar-refractivity contribution in [2.75, 3.05) is 13.7 Å². The summed E-state index contributed by atoms with van der Waals surface area (Å²) in [6, 6.07) is -0.707. The number of esters is 1. The van der Waals surface area contributed by atoms with Gasteiger partial charge >= 0.3 is 12.1 Å². The van der Waals surface area contributed by atoms with Crippen molar-refractivity contribution in [3.05, 3.63) is 0 Å². The lowest BCUT2D eigenvalue weighted by atomic mass is 10.1. The molecule has 0 radical (unpaired) electrons. The molecule has 2 N–H and O–H groups in total. The second kappa shape index (κ2) is 11.3. The first-order valence-electron chi connectivity index (χ1n) is 7.97. The van der Waals surface area contributed by atoms with Crippen LogP contribution in [0.25, 0.3) is 0 Å². The lowest BCUT2D eigenvalue weighted by molar-refractivity contribution is -0.145.